The maximum atomic E-state index is 13.2. The summed E-state index contributed by atoms with van der Waals surface area (Å²) in [6, 6.07) is 4.86. The molecule has 0 heterocycles. The second-order valence-electron chi connectivity index (χ2n) is 4.85. The maximum absolute atomic E-state index is 13.2. The van der Waals surface area contributed by atoms with Crippen LogP contribution in [0.2, 0.25) is 0 Å². The standard InChI is InChI=1S/C13H18FNO/c1-9-7-10(4-5-12(9)14)13(16)6-2-3-11(15)8-13/h4-5,7,11,16H,2-3,6,8,15H2,1H3. The Morgan fingerprint density at radius 3 is 2.88 bits per heavy atom. The average molecular weight is 223 g/mol. The third-order valence-electron chi connectivity index (χ3n) is 3.46. The van der Waals surface area contributed by atoms with Crippen molar-refractivity contribution in [3.05, 3.63) is 35.1 Å². The van der Waals surface area contributed by atoms with E-state index >= 15 is 0 Å². The van der Waals surface area contributed by atoms with E-state index in [2.05, 4.69) is 0 Å². The normalized spacial score (nSPS) is 30.4. The Morgan fingerprint density at radius 2 is 2.25 bits per heavy atom. The van der Waals surface area contributed by atoms with Gasteiger partial charge in [0.1, 0.15) is 5.82 Å². The van der Waals surface area contributed by atoms with Crippen LogP contribution in [0.15, 0.2) is 18.2 Å². The van der Waals surface area contributed by atoms with Crippen LogP contribution in [0.5, 0.6) is 0 Å². The smallest absolute Gasteiger partial charge is 0.126 e. The molecule has 0 bridgehead atoms. The van der Waals surface area contributed by atoms with Crippen LogP contribution in [0, 0.1) is 12.7 Å². The van der Waals surface area contributed by atoms with Crippen molar-refractivity contribution in [2.45, 2.75) is 44.2 Å². The van der Waals surface area contributed by atoms with E-state index in [-0.39, 0.29) is 11.9 Å². The molecule has 0 amide bonds. The van der Waals surface area contributed by atoms with Crippen molar-refractivity contribution in [3.63, 3.8) is 0 Å². The largest absolute Gasteiger partial charge is 0.385 e. The molecular formula is C13H18FNO. The van der Waals surface area contributed by atoms with Gasteiger partial charge in [0.25, 0.3) is 0 Å². The zero-order chi connectivity index (χ0) is 11.8. The van der Waals surface area contributed by atoms with Crippen molar-refractivity contribution in [1.82, 2.24) is 0 Å². The van der Waals surface area contributed by atoms with Crippen molar-refractivity contribution in [2.75, 3.05) is 0 Å². The Kier molecular flexibility index (Phi) is 3.00. The maximum Gasteiger partial charge on any atom is 0.126 e. The molecule has 2 rings (SSSR count). The van der Waals surface area contributed by atoms with Crippen LogP contribution in [-0.4, -0.2) is 11.1 Å². The topological polar surface area (TPSA) is 46.2 Å². The number of nitrogens with two attached hydrogens (primary N) is 1. The molecule has 1 aromatic carbocycles. The van der Waals surface area contributed by atoms with Crippen molar-refractivity contribution in [1.29, 1.82) is 0 Å². The van der Waals surface area contributed by atoms with Gasteiger partial charge < -0.3 is 10.8 Å². The minimum absolute atomic E-state index is 0.0455. The van der Waals surface area contributed by atoms with Gasteiger partial charge in [0, 0.05) is 6.04 Å². The number of hydrogen-bond acceptors (Lipinski definition) is 2. The summed E-state index contributed by atoms with van der Waals surface area (Å²) in [7, 11) is 0. The second-order valence-corrected chi connectivity index (χ2v) is 4.85. The molecule has 0 saturated heterocycles. The molecule has 1 aromatic rings. The lowest BCUT2D eigenvalue weighted by Gasteiger charge is -2.36. The highest BCUT2D eigenvalue weighted by atomic mass is 19.1. The van der Waals surface area contributed by atoms with Crippen LogP contribution in [-0.2, 0) is 5.60 Å². The zero-order valence-electron chi connectivity index (χ0n) is 9.54. The Morgan fingerprint density at radius 1 is 1.50 bits per heavy atom. The fraction of sp³-hybridized carbons (Fsp3) is 0.538. The monoisotopic (exact) mass is 223 g/mol. The van der Waals surface area contributed by atoms with Crippen LogP contribution < -0.4 is 5.73 Å². The average Bonchev–Trinajstić information content (AvgIpc) is 2.21. The Labute approximate surface area is 95.3 Å². The summed E-state index contributed by atoms with van der Waals surface area (Å²) in [4.78, 5) is 0. The quantitative estimate of drug-likeness (QED) is 0.767. The fourth-order valence-electron chi connectivity index (χ4n) is 2.49. The van der Waals surface area contributed by atoms with Gasteiger partial charge >= 0.3 is 0 Å². The molecule has 3 heteroatoms. The summed E-state index contributed by atoms with van der Waals surface area (Å²) in [6.07, 6.45) is 3.17. The van der Waals surface area contributed by atoms with E-state index in [9.17, 15) is 9.50 Å². The molecule has 0 spiro atoms. The summed E-state index contributed by atoms with van der Waals surface area (Å²) in [5, 5.41) is 10.5. The summed E-state index contributed by atoms with van der Waals surface area (Å²) >= 11 is 0. The van der Waals surface area contributed by atoms with Gasteiger partial charge in [0.15, 0.2) is 0 Å². The first-order chi connectivity index (χ1) is 7.51. The number of hydrogen-bond donors (Lipinski definition) is 2. The molecule has 2 unspecified atom stereocenters. The van der Waals surface area contributed by atoms with Gasteiger partial charge in [0.05, 0.1) is 5.60 Å². The second kappa shape index (κ2) is 4.15. The number of aliphatic hydroxyl groups is 1. The van der Waals surface area contributed by atoms with E-state index in [1.165, 1.54) is 6.07 Å². The van der Waals surface area contributed by atoms with Crippen LogP contribution in [0.3, 0.4) is 0 Å². The number of halogens is 1. The lowest BCUT2D eigenvalue weighted by Crippen LogP contribution is -2.39. The molecule has 16 heavy (non-hydrogen) atoms. The first-order valence-electron chi connectivity index (χ1n) is 5.76. The minimum Gasteiger partial charge on any atom is -0.385 e. The van der Waals surface area contributed by atoms with E-state index < -0.39 is 5.60 Å². The van der Waals surface area contributed by atoms with Gasteiger partial charge in [-0.2, -0.15) is 0 Å². The Bertz CT molecular complexity index is 394. The van der Waals surface area contributed by atoms with Gasteiger partial charge in [-0.1, -0.05) is 12.1 Å². The Balaban J connectivity index is 2.31. The van der Waals surface area contributed by atoms with Crippen molar-refractivity contribution < 1.29 is 9.50 Å². The summed E-state index contributed by atoms with van der Waals surface area (Å²) in [5.74, 6) is -0.229. The third kappa shape index (κ3) is 2.11. The lowest BCUT2D eigenvalue weighted by molar-refractivity contribution is -0.00726. The molecule has 0 aromatic heterocycles. The molecule has 1 aliphatic carbocycles. The van der Waals surface area contributed by atoms with E-state index in [4.69, 9.17) is 5.73 Å². The van der Waals surface area contributed by atoms with Gasteiger partial charge in [-0.15, -0.1) is 0 Å². The molecule has 3 N–H and O–H groups in total. The first-order valence-corrected chi connectivity index (χ1v) is 5.76. The van der Waals surface area contributed by atoms with Gasteiger partial charge in [-0.05, 0) is 49.8 Å². The molecule has 0 radical (unpaired) electrons. The van der Waals surface area contributed by atoms with Crippen molar-refractivity contribution >= 4 is 0 Å². The van der Waals surface area contributed by atoms with Crippen molar-refractivity contribution in [3.8, 4) is 0 Å². The SMILES string of the molecule is Cc1cc(C2(O)CCCC(N)C2)ccc1F. The zero-order valence-corrected chi connectivity index (χ0v) is 9.54. The van der Waals surface area contributed by atoms with Gasteiger partial charge in [0.2, 0.25) is 0 Å². The third-order valence-corrected chi connectivity index (χ3v) is 3.46. The molecular weight excluding hydrogens is 205 g/mol. The molecule has 88 valence electrons. The first kappa shape index (κ1) is 11.6. The highest BCUT2D eigenvalue weighted by Crippen LogP contribution is 2.36. The number of benzene rings is 1. The predicted molar refractivity (Wildman–Crippen MR) is 61.5 cm³/mol. The van der Waals surface area contributed by atoms with Crippen LogP contribution in [0.1, 0.15) is 36.8 Å². The van der Waals surface area contributed by atoms with E-state index in [1.807, 2.05) is 0 Å². The summed E-state index contributed by atoms with van der Waals surface area (Å²) in [6.45, 7) is 1.71. The van der Waals surface area contributed by atoms with Gasteiger partial charge in [-0.25, -0.2) is 4.39 Å². The van der Waals surface area contributed by atoms with Crippen LogP contribution in [0.4, 0.5) is 4.39 Å². The highest BCUT2D eigenvalue weighted by molar-refractivity contribution is 5.29. The predicted octanol–water partition coefficient (Wildman–Crippen LogP) is 2.22. The van der Waals surface area contributed by atoms with E-state index in [1.54, 1.807) is 19.1 Å². The summed E-state index contributed by atoms with van der Waals surface area (Å²) in [5.41, 5.74) is 6.38. The van der Waals surface area contributed by atoms with E-state index in [0.717, 1.165) is 18.4 Å². The number of rotatable bonds is 1. The minimum atomic E-state index is -0.865. The molecule has 2 nitrogen and oxygen atoms in total. The van der Waals surface area contributed by atoms with Crippen molar-refractivity contribution in [2.24, 2.45) is 5.73 Å². The summed E-state index contributed by atoms with van der Waals surface area (Å²) < 4.78 is 13.2. The molecule has 2 atom stereocenters. The number of aryl methyl sites for hydroxylation is 1. The van der Waals surface area contributed by atoms with Gasteiger partial charge in [-0.3, -0.25) is 0 Å². The highest BCUT2D eigenvalue weighted by Gasteiger charge is 2.34. The molecule has 1 aliphatic rings. The Hall–Kier alpha value is -0.930. The molecule has 1 fully saturated rings. The van der Waals surface area contributed by atoms with Crippen LogP contribution >= 0.6 is 0 Å². The molecule has 1 saturated carbocycles. The van der Waals surface area contributed by atoms with E-state index in [0.29, 0.717) is 18.4 Å². The molecule has 0 aliphatic heterocycles. The lowest BCUT2D eigenvalue weighted by atomic mass is 9.77. The fourth-order valence-corrected chi connectivity index (χ4v) is 2.49. The van der Waals surface area contributed by atoms with Crippen LogP contribution in [0.25, 0.3) is 0 Å².